The minimum Gasteiger partial charge on any atom is -0.378 e. The predicted octanol–water partition coefficient (Wildman–Crippen LogP) is 2.22. The van der Waals surface area contributed by atoms with Gasteiger partial charge < -0.3 is 11.1 Å². The minimum atomic E-state index is -4.64. The Balaban J connectivity index is 3.26. The molecule has 0 bridgehead atoms. The van der Waals surface area contributed by atoms with E-state index in [1.807, 2.05) is 0 Å². The second-order valence-corrected chi connectivity index (χ2v) is 6.82. The third-order valence-corrected chi connectivity index (χ3v) is 4.46. The van der Waals surface area contributed by atoms with Gasteiger partial charge in [-0.1, -0.05) is 12.1 Å². The highest BCUT2D eigenvalue weighted by Gasteiger charge is 2.31. The number of para-hydroxylation sites is 1. The van der Waals surface area contributed by atoms with Crippen LogP contribution in [0.2, 0.25) is 0 Å². The van der Waals surface area contributed by atoms with Crippen molar-refractivity contribution in [1.82, 2.24) is 0 Å². The summed E-state index contributed by atoms with van der Waals surface area (Å²) in [5.41, 5.74) is 5.28. The van der Waals surface area contributed by atoms with Gasteiger partial charge in [0.2, 0.25) is 9.84 Å². The average molecular weight is 292 g/mol. The molecular weight excluding hydrogens is 274 g/mol. The van der Waals surface area contributed by atoms with Gasteiger partial charge in [0, 0.05) is 11.6 Å². The van der Waals surface area contributed by atoms with E-state index in [0.717, 1.165) is 6.07 Å². The van der Waals surface area contributed by atoms with Crippen LogP contribution < -0.4 is 11.1 Å². The topological polar surface area (TPSA) is 72.2 Å². The van der Waals surface area contributed by atoms with Crippen LogP contribution in [0.5, 0.6) is 0 Å². The van der Waals surface area contributed by atoms with E-state index in [4.69, 9.17) is 5.73 Å². The Morgan fingerprint density at radius 3 is 2.26 bits per heavy atom. The van der Waals surface area contributed by atoms with Crippen molar-refractivity contribution in [2.45, 2.75) is 43.0 Å². The molecule has 7 heteroatoms. The maximum Gasteiger partial charge on any atom is 0.341 e. The van der Waals surface area contributed by atoms with E-state index < -0.39 is 26.0 Å². The van der Waals surface area contributed by atoms with Crippen molar-refractivity contribution >= 4 is 15.5 Å². The molecule has 1 atom stereocenters. The highest BCUT2D eigenvalue weighted by Crippen LogP contribution is 2.28. The SMILES string of the molecule is CC(N)C(C)(C)Nc1ccccc1S(=O)(=O)C(F)F. The summed E-state index contributed by atoms with van der Waals surface area (Å²) >= 11 is 0. The number of rotatable bonds is 5. The molecule has 0 radical (unpaired) electrons. The summed E-state index contributed by atoms with van der Waals surface area (Å²) in [6.07, 6.45) is 0. The molecule has 0 amide bonds. The van der Waals surface area contributed by atoms with Crippen LogP contribution in [0.15, 0.2) is 29.2 Å². The zero-order valence-electron chi connectivity index (χ0n) is 11.0. The molecule has 0 aromatic heterocycles. The summed E-state index contributed by atoms with van der Waals surface area (Å²) < 4.78 is 48.4. The van der Waals surface area contributed by atoms with Crippen molar-refractivity contribution in [3.05, 3.63) is 24.3 Å². The van der Waals surface area contributed by atoms with Gasteiger partial charge in [0.05, 0.1) is 10.6 Å². The zero-order valence-corrected chi connectivity index (χ0v) is 11.8. The van der Waals surface area contributed by atoms with Gasteiger partial charge in [0.1, 0.15) is 0 Å². The Labute approximate surface area is 111 Å². The molecule has 0 saturated heterocycles. The van der Waals surface area contributed by atoms with Crippen molar-refractivity contribution in [3.8, 4) is 0 Å². The molecule has 0 heterocycles. The summed E-state index contributed by atoms with van der Waals surface area (Å²) in [4.78, 5) is -0.418. The largest absolute Gasteiger partial charge is 0.378 e. The molecule has 0 saturated carbocycles. The molecule has 1 unspecified atom stereocenters. The Morgan fingerprint density at radius 1 is 1.26 bits per heavy atom. The van der Waals surface area contributed by atoms with Gasteiger partial charge in [0.15, 0.2) is 0 Å². The number of halogens is 2. The molecule has 108 valence electrons. The Bertz CT molecular complexity index is 542. The number of hydrogen-bond acceptors (Lipinski definition) is 4. The third-order valence-electron chi connectivity index (χ3n) is 3.02. The van der Waals surface area contributed by atoms with Gasteiger partial charge in [-0.05, 0) is 32.9 Å². The summed E-state index contributed by atoms with van der Waals surface area (Å²) in [5.74, 6) is -3.45. The standard InChI is InChI=1S/C12H18F2N2O2S/c1-8(15)12(2,3)16-9-6-4-5-7-10(9)19(17,18)11(13)14/h4-8,11,16H,15H2,1-3H3. The molecule has 0 spiro atoms. The molecule has 1 rings (SSSR count). The number of benzene rings is 1. The highest BCUT2D eigenvalue weighted by atomic mass is 32.2. The third kappa shape index (κ3) is 3.42. The van der Waals surface area contributed by atoms with Crippen molar-refractivity contribution in [2.75, 3.05) is 5.32 Å². The van der Waals surface area contributed by atoms with Crippen molar-refractivity contribution in [3.63, 3.8) is 0 Å². The zero-order chi connectivity index (χ0) is 14.8. The van der Waals surface area contributed by atoms with Gasteiger partial charge in [-0.15, -0.1) is 0 Å². The maximum atomic E-state index is 12.6. The molecule has 0 aliphatic heterocycles. The number of hydrogen-bond donors (Lipinski definition) is 2. The quantitative estimate of drug-likeness (QED) is 0.873. The lowest BCUT2D eigenvalue weighted by atomic mass is 9.96. The highest BCUT2D eigenvalue weighted by molar-refractivity contribution is 7.91. The number of nitrogens with one attached hydrogen (secondary N) is 1. The second kappa shape index (κ2) is 5.42. The fourth-order valence-electron chi connectivity index (χ4n) is 1.37. The van der Waals surface area contributed by atoms with E-state index in [9.17, 15) is 17.2 Å². The summed E-state index contributed by atoms with van der Waals surface area (Å²) in [7, 11) is -4.64. The Morgan fingerprint density at radius 2 is 1.79 bits per heavy atom. The molecule has 19 heavy (non-hydrogen) atoms. The van der Waals surface area contributed by atoms with Crippen molar-refractivity contribution in [2.24, 2.45) is 5.73 Å². The van der Waals surface area contributed by atoms with Gasteiger partial charge in [-0.2, -0.15) is 8.78 Å². The first-order valence-electron chi connectivity index (χ1n) is 5.74. The van der Waals surface area contributed by atoms with E-state index in [2.05, 4.69) is 5.32 Å². The van der Waals surface area contributed by atoms with E-state index in [0.29, 0.717) is 0 Å². The van der Waals surface area contributed by atoms with Crippen LogP contribution >= 0.6 is 0 Å². The van der Waals surface area contributed by atoms with Crippen LogP contribution in [0, 0.1) is 0 Å². The Hall–Kier alpha value is -1.21. The van der Waals surface area contributed by atoms with Gasteiger partial charge >= 0.3 is 5.76 Å². The monoisotopic (exact) mass is 292 g/mol. The van der Waals surface area contributed by atoms with E-state index in [1.54, 1.807) is 26.8 Å². The van der Waals surface area contributed by atoms with Crippen LogP contribution in [0.25, 0.3) is 0 Å². The summed E-state index contributed by atoms with van der Waals surface area (Å²) in [6.45, 7) is 5.28. The fraction of sp³-hybridized carbons (Fsp3) is 0.500. The average Bonchev–Trinajstić information content (AvgIpc) is 2.28. The summed E-state index contributed by atoms with van der Waals surface area (Å²) in [5, 5.41) is 2.91. The molecular formula is C12H18F2N2O2S. The fourth-order valence-corrected chi connectivity index (χ4v) is 2.26. The molecule has 3 N–H and O–H groups in total. The van der Waals surface area contributed by atoms with Gasteiger partial charge in [-0.3, -0.25) is 0 Å². The van der Waals surface area contributed by atoms with Crippen LogP contribution in [-0.2, 0) is 9.84 Å². The smallest absolute Gasteiger partial charge is 0.341 e. The molecule has 0 aliphatic rings. The number of sulfone groups is 1. The Kier molecular flexibility index (Phi) is 4.52. The molecule has 1 aromatic rings. The van der Waals surface area contributed by atoms with E-state index in [1.165, 1.54) is 12.1 Å². The van der Waals surface area contributed by atoms with E-state index >= 15 is 0 Å². The summed E-state index contributed by atoms with van der Waals surface area (Å²) in [6, 6.07) is 5.28. The number of nitrogens with two attached hydrogens (primary N) is 1. The molecule has 4 nitrogen and oxygen atoms in total. The van der Waals surface area contributed by atoms with Gasteiger partial charge in [0.25, 0.3) is 0 Å². The number of anilines is 1. The first-order valence-corrected chi connectivity index (χ1v) is 7.28. The first-order chi connectivity index (χ1) is 8.59. The van der Waals surface area contributed by atoms with Crippen molar-refractivity contribution in [1.29, 1.82) is 0 Å². The predicted molar refractivity (Wildman–Crippen MR) is 71.0 cm³/mol. The first kappa shape index (κ1) is 15.8. The van der Waals surface area contributed by atoms with Gasteiger partial charge in [-0.25, -0.2) is 8.42 Å². The minimum absolute atomic E-state index is 0.130. The van der Waals surface area contributed by atoms with Crippen LogP contribution in [0.3, 0.4) is 0 Å². The van der Waals surface area contributed by atoms with Crippen molar-refractivity contribution < 1.29 is 17.2 Å². The van der Waals surface area contributed by atoms with Crippen LogP contribution in [0.1, 0.15) is 20.8 Å². The maximum absolute atomic E-state index is 12.6. The number of alkyl halides is 2. The molecule has 1 aromatic carbocycles. The second-order valence-electron chi connectivity index (χ2n) is 4.94. The lowest BCUT2D eigenvalue weighted by Gasteiger charge is -2.32. The van der Waals surface area contributed by atoms with E-state index in [-0.39, 0.29) is 11.7 Å². The lowest BCUT2D eigenvalue weighted by Crippen LogP contribution is -2.47. The van der Waals surface area contributed by atoms with Crippen LogP contribution in [-0.4, -0.2) is 25.8 Å². The normalized spacial score (nSPS) is 14.5. The molecule has 0 fully saturated rings. The lowest BCUT2D eigenvalue weighted by molar-refractivity contribution is 0.235. The molecule has 0 aliphatic carbocycles. The van der Waals surface area contributed by atoms with Crippen LogP contribution in [0.4, 0.5) is 14.5 Å².